The Hall–Kier alpha value is -0.830. The third-order valence-corrected chi connectivity index (χ3v) is 4.84. The molecule has 20 heavy (non-hydrogen) atoms. The van der Waals surface area contributed by atoms with Crippen LogP contribution in [0, 0.1) is 11.3 Å². The van der Waals surface area contributed by atoms with E-state index in [1.54, 1.807) is 0 Å². The fourth-order valence-electron chi connectivity index (χ4n) is 3.39. The summed E-state index contributed by atoms with van der Waals surface area (Å²) in [5, 5.41) is 3.76. The molecule has 114 valence electrons. The molecule has 1 aromatic rings. The molecule has 3 heteroatoms. The van der Waals surface area contributed by atoms with Gasteiger partial charge in [-0.3, -0.25) is 0 Å². The monoisotopic (exact) mass is 277 g/mol. The van der Waals surface area contributed by atoms with Crippen LogP contribution in [-0.2, 0) is 6.54 Å². The molecule has 0 saturated heterocycles. The fraction of sp³-hybridized carbons (Fsp3) is 0.824. The molecule has 0 radical (unpaired) electrons. The van der Waals surface area contributed by atoms with Crippen LogP contribution < -0.4 is 5.32 Å². The fourth-order valence-corrected chi connectivity index (χ4v) is 3.39. The molecule has 0 aliphatic heterocycles. The number of nitrogens with zero attached hydrogens (tertiary/aromatic N) is 2. The Labute approximate surface area is 124 Å². The van der Waals surface area contributed by atoms with E-state index in [-0.39, 0.29) is 0 Å². The summed E-state index contributed by atoms with van der Waals surface area (Å²) >= 11 is 0. The van der Waals surface area contributed by atoms with Crippen molar-refractivity contribution in [2.75, 3.05) is 6.54 Å². The summed E-state index contributed by atoms with van der Waals surface area (Å²) in [7, 11) is 0. The van der Waals surface area contributed by atoms with E-state index >= 15 is 0 Å². The van der Waals surface area contributed by atoms with Crippen LogP contribution in [0.5, 0.6) is 0 Å². The van der Waals surface area contributed by atoms with Crippen molar-refractivity contribution < 1.29 is 0 Å². The number of hydrogen-bond donors (Lipinski definition) is 1. The largest absolute Gasteiger partial charge is 0.334 e. The molecule has 0 aromatic carbocycles. The van der Waals surface area contributed by atoms with Crippen molar-refractivity contribution in [2.24, 2.45) is 11.3 Å². The van der Waals surface area contributed by atoms with E-state index < -0.39 is 0 Å². The summed E-state index contributed by atoms with van der Waals surface area (Å²) in [5.74, 6) is 1.98. The van der Waals surface area contributed by atoms with Crippen LogP contribution in [0.25, 0.3) is 0 Å². The average molecular weight is 277 g/mol. The van der Waals surface area contributed by atoms with Gasteiger partial charge in [-0.05, 0) is 56.9 Å². The van der Waals surface area contributed by atoms with Crippen LogP contribution in [-0.4, -0.2) is 16.1 Å². The lowest BCUT2D eigenvalue weighted by Crippen LogP contribution is -2.35. The molecule has 1 saturated carbocycles. The maximum absolute atomic E-state index is 4.65. The molecule has 1 aliphatic carbocycles. The SMILES string of the molecule is CCCNC(c1nccn1CC)C1CCC(C)(C)CC1. The van der Waals surface area contributed by atoms with E-state index in [2.05, 4.69) is 48.8 Å². The third kappa shape index (κ3) is 3.63. The molecule has 1 N–H and O–H groups in total. The van der Waals surface area contributed by atoms with Gasteiger partial charge >= 0.3 is 0 Å². The van der Waals surface area contributed by atoms with Crippen LogP contribution in [0.1, 0.15) is 71.7 Å². The van der Waals surface area contributed by atoms with Crippen LogP contribution in [0.2, 0.25) is 0 Å². The second kappa shape index (κ2) is 6.75. The Morgan fingerprint density at radius 3 is 2.65 bits per heavy atom. The zero-order chi connectivity index (χ0) is 14.6. The van der Waals surface area contributed by atoms with Gasteiger partial charge < -0.3 is 9.88 Å². The second-order valence-corrected chi connectivity index (χ2v) is 7.00. The normalized spacial score (nSPS) is 21.0. The minimum atomic E-state index is 0.431. The van der Waals surface area contributed by atoms with Gasteiger partial charge in [-0.15, -0.1) is 0 Å². The van der Waals surface area contributed by atoms with Gasteiger partial charge in [0.05, 0.1) is 6.04 Å². The van der Waals surface area contributed by atoms with E-state index in [9.17, 15) is 0 Å². The van der Waals surface area contributed by atoms with Crippen molar-refractivity contribution in [3.05, 3.63) is 18.2 Å². The van der Waals surface area contributed by atoms with Crippen molar-refractivity contribution in [1.29, 1.82) is 0 Å². The van der Waals surface area contributed by atoms with E-state index in [0.29, 0.717) is 11.5 Å². The molecule has 2 rings (SSSR count). The molecule has 1 heterocycles. The Kier molecular flexibility index (Phi) is 5.25. The van der Waals surface area contributed by atoms with Gasteiger partial charge in [0.2, 0.25) is 0 Å². The van der Waals surface area contributed by atoms with Crippen LogP contribution in [0.3, 0.4) is 0 Å². The standard InChI is InChI=1S/C17H31N3/c1-5-11-18-15(16-19-12-13-20(16)6-2)14-7-9-17(3,4)10-8-14/h12-15,18H,5-11H2,1-4H3. The number of imidazole rings is 1. The maximum atomic E-state index is 4.65. The summed E-state index contributed by atoms with van der Waals surface area (Å²) in [4.78, 5) is 4.65. The molecular formula is C17H31N3. The van der Waals surface area contributed by atoms with Crippen LogP contribution in [0.4, 0.5) is 0 Å². The first-order valence-corrected chi connectivity index (χ1v) is 8.32. The minimum absolute atomic E-state index is 0.431. The first kappa shape index (κ1) is 15.6. The first-order valence-electron chi connectivity index (χ1n) is 8.32. The molecule has 1 aliphatic rings. The molecule has 0 bridgehead atoms. The van der Waals surface area contributed by atoms with Gasteiger partial charge in [0.1, 0.15) is 5.82 Å². The molecule has 1 unspecified atom stereocenters. The summed E-state index contributed by atoms with van der Waals surface area (Å²) in [6, 6.07) is 0.431. The maximum Gasteiger partial charge on any atom is 0.126 e. The van der Waals surface area contributed by atoms with E-state index in [1.165, 1.54) is 37.9 Å². The zero-order valence-corrected chi connectivity index (χ0v) is 13.7. The van der Waals surface area contributed by atoms with Gasteiger partial charge in [-0.25, -0.2) is 4.98 Å². The van der Waals surface area contributed by atoms with Crippen molar-refractivity contribution in [1.82, 2.24) is 14.9 Å². The highest BCUT2D eigenvalue weighted by atomic mass is 15.1. The summed E-state index contributed by atoms with van der Waals surface area (Å²) in [6.45, 7) is 11.3. The Morgan fingerprint density at radius 2 is 2.05 bits per heavy atom. The minimum Gasteiger partial charge on any atom is -0.334 e. The van der Waals surface area contributed by atoms with Gasteiger partial charge in [0.25, 0.3) is 0 Å². The molecule has 1 atom stereocenters. The predicted octanol–water partition coefficient (Wildman–Crippen LogP) is 4.16. The molecule has 0 amide bonds. The van der Waals surface area contributed by atoms with Crippen LogP contribution >= 0.6 is 0 Å². The van der Waals surface area contributed by atoms with Crippen molar-refractivity contribution in [2.45, 2.75) is 72.4 Å². The third-order valence-electron chi connectivity index (χ3n) is 4.84. The molecule has 1 aromatic heterocycles. The number of aromatic nitrogens is 2. The molecule has 0 spiro atoms. The van der Waals surface area contributed by atoms with E-state index in [1.807, 2.05) is 6.20 Å². The highest BCUT2D eigenvalue weighted by molar-refractivity contribution is 5.03. The average Bonchev–Trinajstić information content (AvgIpc) is 2.89. The Bertz CT molecular complexity index is 398. The highest BCUT2D eigenvalue weighted by Gasteiger charge is 2.33. The van der Waals surface area contributed by atoms with Gasteiger partial charge in [-0.2, -0.15) is 0 Å². The lowest BCUT2D eigenvalue weighted by Gasteiger charge is -2.38. The molecular weight excluding hydrogens is 246 g/mol. The van der Waals surface area contributed by atoms with E-state index in [4.69, 9.17) is 0 Å². The number of nitrogens with one attached hydrogen (secondary N) is 1. The lowest BCUT2D eigenvalue weighted by atomic mass is 9.71. The van der Waals surface area contributed by atoms with Gasteiger partial charge in [0, 0.05) is 18.9 Å². The number of aryl methyl sites for hydroxylation is 1. The van der Waals surface area contributed by atoms with Gasteiger partial charge in [0.15, 0.2) is 0 Å². The number of rotatable bonds is 6. The van der Waals surface area contributed by atoms with Crippen LogP contribution in [0.15, 0.2) is 12.4 Å². The summed E-state index contributed by atoms with van der Waals surface area (Å²) in [6.07, 6.45) is 10.6. The molecule has 1 fully saturated rings. The second-order valence-electron chi connectivity index (χ2n) is 7.00. The molecule has 3 nitrogen and oxygen atoms in total. The first-order chi connectivity index (χ1) is 9.57. The zero-order valence-electron chi connectivity index (χ0n) is 13.7. The van der Waals surface area contributed by atoms with Crippen molar-refractivity contribution in [3.63, 3.8) is 0 Å². The van der Waals surface area contributed by atoms with Crippen molar-refractivity contribution >= 4 is 0 Å². The summed E-state index contributed by atoms with van der Waals surface area (Å²) in [5.41, 5.74) is 0.534. The quantitative estimate of drug-likeness (QED) is 0.846. The Balaban J connectivity index is 2.12. The predicted molar refractivity (Wildman–Crippen MR) is 84.7 cm³/mol. The lowest BCUT2D eigenvalue weighted by molar-refractivity contribution is 0.157. The summed E-state index contributed by atoms with van der Waals surface area (Å²) < 4.78 is 2.30. The number of hydrogen-bond acceptors (Lipinski definition) is 2. The van der Waals surface area contributed by atoms with Gasteiger partial charge in [-0.1, -0.05) is 20.8 Å². The topological polar surface area (TPSA) is 29.9 Å². The highest BCUT2D eigenvalue weighted by Crippen LogP contribution is 2.42. The van der Waals surface area contributed by atoms with E-state index in [0.717, 1.165) is 19.0 Å². The van der Waals surface area contributed by atoms with Crippen molar-refractivity contribution in [3.8, 4) is 0 Å². The Morgan fingerprint density at radius 1 is 1.35 bits per heavy atom. The smallest absolute Gasteiger partial charge is 0.126 e.